The van der Waals surface area contributed by atoms with Crippen LogP contribution < -0.4 is 9.64 Å². The summed E-state index contributed by atoms with van der Waals surface area (Å²) in [4.78, 5) is 26.4. The summed E-state index contributed by atoms with van der Waals surface area (Å²) in [6.07, 6.45) is 8.22. The van der Waals surface area contributed by atoms with Gasteiger partial charge in [0.2, 0.25) is 5.88 Å². The summed E-state index contributed by atoms with van der Waals surface area (Å²) in [6.45, 7) is 3.74. The zero-order valence-electron chi connectivity index (χ0n) is 15.8. The fourth-order valence-corrected chi connectivity index (χ4v) is 3.59. The lowest BCUT2D eigenvalue weighted by molar-refractivity contribution is -0.111. The predicted octanol–water partition coefficient (Wildman–Crippen LogP) is 2.76. The predicted molar refractivity (Wildman–Crippen MR) is 104 cm³/mol. The summed E-state index contributed by atoms with van der Waals surface area (Å²) < 4.78 is 6.00. The van der Waals surface area contributed by atoms with E-state index in [0.29, 0.717) is 5.88 Å². The standard InChI is InChI=1S/C20H22N6O2/c1-20(4-5-20)28-18-8-14-16(10-21-18)24-25-19(14)15-9-17(23-12-22-15)26-6-2-13(11-27)3-7-26/h8-13H,2-7H2,1H3,(H,24,25). The molecule has 0 unspecified atom stereocenters. The third-order valence-electron chi connectivity index (χ3n) is 5.68. The number of rotatable bonds is 5. The Morgan fingerprint density at radius 2 is 2.04 bits per heavy atom. The number of hydrogen-bond donors (Lipinski definition) is 1. The smallest absolute Gasteiger partial charge is 0.214 e. The Kier molecular flexibility index (Phi) is 3.99. The molecule has 2 fully saturated rings. The van der Waals surface area contributed by atoms with Gasteiger partial charge in [0.15, 0.2) is 0 Å². The summed E-state index contributed by atoms with van der Waals surface area (Å²) in [7, 11) is 0. The first kappa shape index (κ1) is 17.1. The normalized spacial score (nSPS) is 19.0. The minimum absolute atomic E-state index is 0.0830. The Bertz CT molecular complexity index is 1020. The van der Waals surface area contributed by atoms with E-state index in [1.807, 2.05) is 12.1 Å². The summed E-state index contributed by atoms with van der Waals surface area (Å²) in [5, 5.41) is 8.41. The minimum Gasteiger partial charge on any atom is -0.471 e. The van der Waals surface area contributed by atoms with Crippen molar-refractivity contribution >= 4 is 23.0 Å². The Hall–Kier alpha value is -3.03. The lowest BCUT2D eigenvalue weighted by atomic mass is 9.99. The van der Waals surface area contributed by atoms with Gasteiger partial charge in [0.05, 0.1) is 17.4 Å². The van der Waals surface area contributed by atoms with Crippen LogP contribution in [0.3, 0.4) is 0 Å². The number of aromatic nitrogens is 5. The van der Waals surface area contributed by atoms with E-state index in [4.69, 9.17) is 4.74 Å². The van der Waals surface area contributed by atoms with Gasteiger partial charge in [-0.25, -0.2) is 15.0 Å². The summed E-state index contributed by atoms with van der Waals surface area (Å²) in [6, 6.07) is 3.88. The molecule has 0 atom stereocenters. The molecule has 0 amide bonds. The Morgan fingerprint density at radius 1 is 1.21 bits per heavy atom. The molecule has 144 valence electrons. The van der Waals surface area contributed by atoms with Crippen LogP contribution in [0.1, 0.15) is 32.6 Å². The van der Waals surface area contributed by atoms with Crippen molar-refractivity contribution in [3.05, 3.63) is 24.7 Å². The molecule has 2 aliphatic rings. The molecule has 8 heteroatoms. The number of aldehydes is 1. The first-order valence-electron chi connectivity index (χ1n) is 9.69. The Labute approximate surface area is 162 Å². The zero-order chi connectivity index (χ0) is 19.1. The number of H-pyrrole nitrogens is 1. The fraction of sp³-hybridized carbons (Fsp3) is 0.450. The highest BCUT2D eigenvalue weighted by Gasteiger charge is 2.40. The van der Waals surface area contributed by atoms with E-state index < -0.39 is 0 Å². The van der Waals surface area contributed by atoms with E-state index in [-0.39, 0.29) is 11.5 Å². The average Bonchev–Trinajstić information content (AvgIpc) is 3.30. The molecule has 0 bridgehead atoms. The summed E-state index contributed by atoms with van der Waals surface area (Å²) >= 11 is 0. The number of piperidine rings is 1. The minimum atomic E-state index is -0.0830. The van der Waals surface area contributed by atoms with Gasteiger partial charge in [0, 0.05) is 36.5 Å². The number of carbonyl (C=O) groups is 1. The Balaban J connectivity index is 1.45. The molecule has 3 aromatic rings. The summed E-state index contributed by atoms with van der Waals surface area (Å²) in [5.41, 5.74) is 2.27. The van der Waals surface area contributed by atoms with Gasteiger partial charge in [-0.05, 0) is 32.6 Å². The van der Waals surface area contributed by atoms with Gasteiger partial charge in [-0.3, -0.25) is 5.10 Å². The zero-order valence-corrected chi connectivity index (χ0v) is 15.8. The number of carbonyl (C=O) groups excluding carboxylic acids is 1. The molecule has 28 heavy (non-hydrogen) atoms. The second kappa shape index (κ2) is 6.54. The van der Waals surface area contributed by atoms with Gasteiger partial charge < -0.3 is 14.4 Å². The molecule has 1 aliphatic heterocycles. The molecule has 0 spiro atoms. The second-order valence-electron chi connectivity index (χ2n) is 7.91. The van der Waals surface area contributed by atoms with Crippen LogP contribution >= 0.6 is 0 Å². The first-order chi connectivity index (χ1) is 13.6. The van der Waals surface area contributed by atoms with Crippen molar-refractivity contribution in [2.75, 3.05) is 18.0 Å². The molecule has 8 nitrogen and oxygen atoms in total. The lowest BCUT2D eigenvalue weighted by Crippen LogP contribution is -2.34. The maximum atomic E-state index is 11.0. The molecule has 1 saturated carbocycles. The third kappa shape index (κ3) is 3.19. The Morgan fingerprint density at radius 3 is 2.79 bits per heavy atom. The van der Waals surface area contributed by atoms with Crippen molar-refractivity contribution in [1.82, 2.24) is 25.1 Å². The number of pyridine rings is 1. The molecule has 1 aliphatic carbocycles. The second-order valence-corrected chi connectivity index (χ2v) is 7.91. The molecular weight excluding hydrogens is 356 g/mol. The van der Waals surface area contributed by atoms with Crippen LogP contribution in [-0.2, 0) is 4.79 Å². The number of aromatic amines is 1. The summed E-state index contributed by atoms with van der Waals surface area (Å²) in [5.74, 6) is 1.63. The highest BCUT2D eigenvalue weighted by atomic mass is 16.5. The number of ether oxygens (including phenoxy) is 1. The van der Waals surface area contributed by atoms with Crippen molar-refractivity contribution in [2.45, 2.75) is 38.2 Å². The van der Waals surface area contributed by atoms with Gasteiger partial charge in [0.1, 0.15) is 29.7 Å². The molecule has 1 saturated heterocycles. The number of hydrogen-bond acceptors (Lipinski definition) is 7. The van der Waals surface area contributed by atoms with Crippen molar-refractivity contribution in [1.29, 1.82) is 0 Å². The van der Waals surface area contributed by atoms with Crippen molar-refractivity contribution in [2.24, 2.45) is 5.92 Å². The van der Waals surface area contributed by atoms with Gasteiger partial charge in [0.25, 0.3) is 0 Å². The van der Waals surface area contributed by atoms with Crippen LogP contribution in [0.25, 0.3) is 22.3 Å². The van der Waals surface area contributed by atoms with Crippen LogP contribution in [-0.4, -0.2) is 50.1 Å². The molecule has 0 radical (unpaired) electrons. The van der Waals surface area contributed by atoms with Gasteiger partial charge >= 0.3 is 0 Å². The molecule has 1 N–H and O–H groups in total. The average molecular weight is 378 g/mol. The SMILES string of the molecule is CC1(Oc2cc3c(-c4cc(N5CCC(C=O)CC5)ncn4)n[nH]c3cn2)CC1. The van der Waals surface area contributed by atoms with E-state index in [1.165, 1.54) is 0 Å². The number of nitrogens with zero attached hydrogens (tertiary/aromatic N) is 5. The van der Waals surface area contributed by atoms with Crippen LogP contribution in [0.5, 0.6) is 5.88 Å². The van der Waals surface area contributed by atoms with E-state index in [9.17, 15) is 4.79 Å². The highest BCUT2D eigenvalue weighted by Crippen LogP contribution is 2.39. The van der Waals surface area contributed by atoms with Crippen LogP contribution in [0, 0.1) is 5.92 Å². The van der Waals surface area contributed by atoms with E-state index in [0.717, 1.165) is 73.2 Å². The van der Waals surface area contributed by atoms with E-state index >= 15 is 0 Å². The lowest BCUT2D eigenvalue weighted by Gasteiger charge is -2.30. The van der Waals surface area contributed by atoms with Crippen molar-refractivity contribution in [3.8, 4) is 17.3 Å². The van der Waals surface area contributed by atoms with Crippen LogP contribution in [0.15, 0.2) is 24.7 Å². The van der Waals surface area contributed by atoms with Crippen molar-refractivity contribution in [3.63, 3.8) is 0 Å². The van der Waals surface area contributed by atoms with Gasteiger partial charge in [-0.2, -0.15) is 5.10 Å². The van der Waals surface area contributed by atoms with Gasteiger partial charge in [-0.1, -0.05) is 0 Å². The van der Waals surface area contributed by atoms with Crippen molar-refractivity contribution < 1.29 is 9.53 Å². The van der Waals surface area contributed by atoms with Crippen LogP contribution in [0.4, 0.5) is 5.82 Å². The van der Waals surface area contributed by atoms with E-state index in [2.05, 4.69) is 37.0 Å². The molecule has 5 rings (SSSR count). The third-order valence-corrected chi connectivity index (χ3v) is 5.68. The van der Waals surface area contributed by atoms with E-state index in [1.54, 1.807) is 12.5 Å². The van der Waals surface area contributed by atoms with Crippen LogP contribution in [0.2, 0.25) is 0 Å². The molecule has 0 aromatic carbocycles. The maximum absolute atomic E-state index is 11.0. The number of fused-ring (bicyclic) bond motifs is 1. The molecule has 3 aromatic heterocycles. The topological polar surface area (TPSA) is 96.9 Å². The quantitative estimate of drug-likeness (QED) is 0.682. The first-order valence-corrected chi connectivity index (χ1v) is 9.69. The fourth-order valence-electron chi connectivity index (χ4n) is 3.59. The van der Waals surface area contributed by atoms with Gasteiger partial charge in [-0.15, -0.1) is 0 Å². The monoisotopic (exact) mass is 378 g/mol. The largest absolute Gasteiger partial charge is 0.471 e. The number of nitrogens with one attached hydrogen (secondary N) is 1. The maximum Gasteiger partial charge on any atom is 0.214 e. The molecular formula is C20H22N6O2. The molecule has 4 heterocycles. The highest BCUT2D eigenvalue weighted by molar-refractivity contribution is 5.92. The number of anilines is 1.